The number of benzene rings is 2. The number of hydrogen-bond acceptors (Lipinski definition) is 5. The minimum Gasteiger partial charge on any atom is -0.480 e. The van der Waals surface area contributed by atoms with Crippen molar-refractivity contribution in [2.24, 2.45) is 5.73 Å². The first kappa shape index (κ1) is 14.5. The van der Waals surface area contributed by atoms with Crippen molar-refractivity contribution in [2.75, 3.05) is 5.73 Å². The highest BCUT2D eigenvalue weighted by Gasteiger charge is 2.16. The summed E-state index contributed by atoms with van der Waals surface area (Å²) in [6, 6.07) is 15.6. The summed E-state index contributed by atoms with van der Waals surface area (Å²) < 4.78 is 1.76. The van der Waals surface area contributed by atoms with Gasteiger partial charge >= 0.3 is 0 Å². The number of nitrogens with two attached hydrogens (primary N) is 2. The van der Waals surface area contributed by atoms with Gasteiger partial charge in [-0.05, 0) is 17.2 Å². The van der Waals surface area contributed by atoms with Crippen LogP contribution in [0.4, 0.5) is 5.82 Å². The van der Waals surface area contributed by atoms with Gasteiger partial charge in [0.1, 0.15) is 5.52 Å². The van der Waals surface area contributed by atoms with E-state index in [1.54, 1.807) is 4.57 Å². The van der Waals surface area contributed by atoms with E-state index in [0.717, 1.165) is 27.5 Å². The Hall–Kier alpha value is -3.12. The molecule has 0 radical (unpaired) electrons. The van der Waals surface area contributed by atoms with Gasteiger partial charge in [0.05, 0.1) is 17.6 Å². The van der Waals surface area contributed by atoms with E-state index in [0.29, 0.717) is 24.4 Å². The summed E-state index contributed by atoms with van der Waals surface area (Å²) in [7, 11) is 0. The Labute approximate surface area is 138 Å². The maximum absolute atomic E-state index is 10.3. The van der Waals surface area contributed by atoms with Gasteiger partial charge in [-0.3, -0.25) is 4.57 Å². The molecule has 4 rings (SSSR count). The third kappa shape index (κ3) is 2.24. The van der Waals surface area contributed by atoms with Crippen LogP contribution >= 0.6 is 0 Å². The molecule has 24 heavy (non-hydrogen) atoms. The second-order valence-electron chi connectivity index (χ2n) is 5.73. The number of aromatic hydroxyl groups is 1. The lowest BCUT2D eigenvalue weighted by Gasteiger charge is -2.09. The fraction of sp³-hybridized carbons (Fsp3) is 0.111. The molecule has 0 fully saturated rings. The molecule has 0 amide bonds. The number of fused-ring (bicyclic) bond motifs is 3. The Morgan fingerprint density at radius 3 is 2.42 bits per heavy atom. The molecule has 6 heteroatoms. The largest absolute Gasteiger partial charge is 0.480 e. The second-order valence-corrected chi connectivity index (χ2v) is 5.73. The zero-order chi connectivity index (χ0) is 16.7. The summed E-state index contributed by atoms with van der Waals surface area (Å²) in [5.74, 6) is 0.316. The number of anilines is 1. The molecular weight excluding hydrogens is 302 g/mol. The number of rotatable bonds is 3. The molecule has 2 aromatic carbocycles. The second kappa shape index (κ2) is 5.50. The Balaban J connectivity index is 1.92. The molecular formula is C18H17N5O. The van der Waals surface area contributed by atoms with Gasteiger partial charge in [0.2, 0.25) is 0 Å². The zero-order valence-electron chi connectivity index (χ0n) is 13.0. The summed E-state index contributed by atoms with van der Waals surface area (Å²) in [6.07, 6.45) is 0. The molecule has 0 atom stereocenters. The fourth-order valence-corrected chi connectivity index (χ4v) is 2.96. The summed E-state index contributed by atoms with van der Waals surface area (Å²) in [5.41, 5.74) is 15.9. The molecule has 0 saturated carbocycles. The molecule has 0 aliphatic rings. The highest BCUT2D eigenvalue weighted by Crippen LogP contribution is 2.31. The van der Waals surface area contributed by atoms with Crippen molar-refractivity contribution in [2.45, 2.75) is 13.1 Å². The summed E-state index contributed by atoms with van der Waals surface area (Å²) in [6.45, 7) is 0.993. The van der Waals surface area contributed by atoms with E-state index < -0.39 is 0 Å². The quantitative estimate of drug-likeness (QED) is 0.538. The van der Waals surface area contributed by atoms with Crippen LogP contribution in [0.15, 0.2) is 48.5 Å². The van der Waals surface area contributed by atoms with Crippen LogP contribution in [-0.4, -0.2) is 19.6 Å². The molecule has 4 aromatic rings. The molecule has 0 aliphatic heterocycles. The van der Waals surface area contributed by atoms with Gasteiger partial charge < -0.3 is 16.6 Å². The van der Waals surface area contributed by atoms with E-state index in [9.17, 15) is 5.11 Å². The Morgan fingerprint density at radius 1 is 0.958 bits per heavy atom. The topological polar surface area (TPSA) is 103 Å². The van der Waals surface area contributed by atoms with E-state index in [1.807, 2.05) is 48.5 Å². The number of nitrogens with zero attached hydrogens (tertiary/aromatic N) is 3. The minimum absolute atomic E-state index is 0.0715. The van der Waals surface area contributed by atoms with Crippen molar-refractivity contribution in [3.8, 4) is 6.01 Å². The van der Waals surface area contributed by atoms with Gasteiger partial charge in [-0.2, -0.15) is 4.98 Å². The van der Waals surface area contributed by atoms with Crippen LogP contribution < -0.4 is 11.5 Å². The smallest absolute Gasteiger partial charge is 0.295 e. The van der Waals surface area contributed by atoms with Crippen molar-refractivity contribution in [3.05, 3.63) is 59.7 Å². The fourth-order valence-electron chi connectivity index (χ4n) is 2.96. The molecule has 2 aromatic heterocycles. The van der Waals surface area contributed by atoms with Gasteiger partial charge in [-0.1, -0.05) is 42.5 Å². The van der Waals surface area contributed by atoms with Crippen LogP contribution in [0.1, 0.15) is 11.1 Å². The number of para-hydroxylation sites is 1. The molecule has 0 aliphatic carbocycles. The normalized spacial score (nSPS) is 11.4. The van der Waals surface area contributed by atoms with Crippen molar-refractivity contribution in [1.29, 1.82) is 0 Å². The van der Waals surface area contributed by atoms with Gasteiger partial charge in [-0.25, -0.2) is 4.98 Å². The lowest BCUT2D eigenvalue weighted by Crippen LogP contribution is -2.02. The predicted octanol–water partition coefficient (Wildman–Crippen LogP) is 2.38. The molecule has 2 heterocycles. The van der Waals surface area contributed by atoms with Crippen LogP contribution in [0.2, 0.25) is 0 Å². The number of aromatic nitrogens is 3. The van der Waals surface area contributed by atoms with E-state index in [2.05, 4.69) is 9.97 Å². The van der Waals surface area contributed by atoms with E-state index in [-0.39, 0.29) is 6.01 Å². The average molecular weight is 319 g/mol. The molecule has 0 spiro atoms. The third-order valence-electron chi connectivity index (χ3n) is 4.19. The van der Waals surface area contributed by atoms with Gasteiger partial charge in [0, 0.05) is 11.9 Å². The van der Waals surface area contributed by atoms with Gasteiger partial charge in [-0.15, -0.1) is 0 Å². The van der Waals surface area contributed by atoms with Crippen LogP contribution in [0.5, 0.6) is 6.01 Å². The van der Waals surface area contributed by atoms with Crippen LogP contribution in [0.3, 0.4) is 0 Å². The minimum atomic E-state index is -0.0715. The van der Waals surface area contributed by atoms with Crippen LogP contribution in [0, 0.1) is 0 Å². The Kier molecular flexibility index (Phi) is 3.32. The lowest BCUT2D eigenvalue weighted by molar-refractivity contribution is 0.409. The Bertz CT molecular complexity index is 1040. The summed E-state index contributed by atoms with van der Waals surface area (Å²) in [4.78, 5) is 8.57. The maximum Gasteiger partial charge on any atom is 0.295 e. The highest BCUT2D eigenvalue weighted by atomic mass is 16.3. The average Bonchev–Trinajstić information content (AvgIpc) is 2.93. The molecule has 5 N–H and O–H groups in total. The first-order valence-corrected chi connectivity index (χ1v) is 7.68. The number of pyridine rings is 1. The zero-order valence-corrected chi connectivity index (χ0v) is 13.0. The molecule has 0 saturated heterocycles. The monoisotopic (exact) mass is 319 g/mol. The van der Waals surface area contributed by atoms with Crippen molar-refractivity contribution in [1.82, 2.24) is 14.5 Å². The maximum atomic E-state index is 10.3. The first-order valence-electron chi connectivity index (χ1n) is 7.68. The summed E-state index contributed by atoms with van der Waals surface area (Å²) in [5, 5.41) is 11.2. The highest BCUT2D eigenvalue weighted by molar-refractivity contribution is 6.06. The number of imidazole rings is 1. The predicted molar refractivity (Wildman–Crippen MR) is 94.5 cm³/mol. The molecule has 0 unspecified atom stereocenters. The van der Waals surface area contributed by atoms with E-state index in [1.165, 1.54) is 0 Å². The summed E-state index contributed by atoms with van der Waals surface area (Å²) >= 11 is 0. The Morgan fingerprint density at radius 2 is 1.67 bits per heavy atom. The number of nitrogen functional groups attached to an aromatic ring is 1. The van der Waals surface area contributed by atoms with Gasteiger partial charge in [0.25, 0.3) is 6.01 Å². The van der Waals surface area contributed by atoms with Crippen LogP contribution in [0.25, 0.3) is 21.9 Å². The standard InChI is InChI=1S/C18H17N5O/c19-9-11-5-7-12(8-6-11)10-23-16-13-3-1-2-4-14(13)21-17(20)15(16)22-18(23)24/h1-8H,9-10,19H2,(H2,20,21)(H,22,24). The number of hydrogen-bond donors (Lipinski definition) is 3. The van der Waals surface area contributed by atoms with Crippen molar-refractivity contribution in [3.63, 3.8) is 0 Å². The molecule has 6 nitrogen and oxygen atoms in total. The van der Waals surface area contributed by atoms with Crippen molar-refractivity contribution >= 4 is 27.8 Å². The third-order valence-corrected chi connectivity index (χ3v) is 4.19. The van der Waals surface area contributed by atoms with Gasteiger partial charge in [0.15, 0.2) is 5.82 Å². The van der Waals surface area contributed by atoms with E-state index in [4.69, 9.17) is 11.5 Å². The lowest BCUT2D eigenvalue weighted by atomic mass is 10.1. The first-order chi connectivity index (χ1) is 11.7. The van der Waals surface area contributed by atoms with E-state index >= 15 is 0 Å². The molecule has 120 valence electrons. The van der Waals surface area contributed by atoms with Crippen molar-refractivity contribution < 1.29 is 5.11 Å². The van der Waals surface area contributed by atoms with Crippen LogP contribution in [-0.2, 0) is 13.1 Å². The SMILES string of the molecule is NCc1ccc(Cn2c(O)nc3c(N)nc4ccccc4c32)cc1. The molecule has 0 bridgehead atoms.